The van der Waals surface area contributed by atoms with Crippen LogP contribution in [0, 0.1) is 25.6 Å². The normalized spacial score (nSPS) is 14.3. The van der Waals surface area contributed by atoms with Crippen LogP contribution < -0.4 is 5.32 Å². The summed E-state index contributed by atoms with van der Waals surface area (Å²) in [6.45, 7) is 6.91. The Morgan fingerprint density at radius 2 is 1.94 bits per heavy atom. The van der Waals surface area contributed by atoms with Gasteiger partial charge in [0.1, 0.15) is 11.5 Å². The van der Waals surface area contributed by atoms with E-state index in [1.165, 1.54) is 12.1 Å². The van der Waals surface area contributed by atoms with Gasteiger partial charge in [0, 0.05) is 31.7 Å². The van der Waals surface area contributed by atoms with E-state index in [4.69, 9.17) is 4.74 Å². The Hall–Kier alpha value is -3.16. The van der Waals surface area contributed by atoms with E-state index in [9.17, 15) is 18.8 Å². The average molecular weight is 444 g/mol. The van der Waals surface area contributed by atoms with Gasteiger partial charge in [-0.3, -0.25) is 9.59 Å². The zero-order valence-corrected chi connectivity index (χ0v) is 18.8. The highest BCUT2D eigenvalue weighted by molar-refractivity contribution is 6.00. The fraction of sp³-hybridized carbons (Fsp3) is 0.458. The lowest BCUT2D eigenvalue weighted by atomic mass is 9.93. The predicted molar refractivity (Wildman–Crippen MR) is 118 cm³/mol. The molecule has 0 bridgehead atoms. The number of aryl methyl sites for hydroxylation is 1. The third kappa shape index (κ3) is 5.55. The van der Waals surface area contributed by atoms with Crippen molar-refractivity contribution in [2.24, 2.45) is 5.92 Å². The number of hydrogen-bond donors (Lipinski definition) is 2. The van der Waals surface area contributed by atoms with E-state index in [0.29, 0.717) is 48.6 Å². The summed E-state index contributed by atoms with van der Waals surface area (Å²) < 4.78 is 18.3. The number of nitrogens with zero attached hydrogens (tertiary/aromatic N) is 1. The molecule has 172 valence electrons. The van der Waals surface area contributed by atoms with E-state index in [-0.39, 0.29) is 30.2 Å². The summed E-state index contributed by atoms with van der Waals surface area (Å²) in [5.41, 5.74) is 2.77. The number of carbonyl (C=O) groups excluding carboxylic acids is 3. The van der Waals surface area contributed by atoms with Crippen LogP contribution in [-0.4, -0.2) is 47.4 Å². The molecule has 0 atom stereocenters. The number of benzene rings is 1. The van der Waals surface area contributed by atoms with Gasteiger partial charge in [0.25, 0.3) is 5.91 Å². The average Bonchev–Trinajstić information content (AvgIpc) is 3.06. The van der Waals surface area contributed by atoms with Gasteiger partial charge >= 0.3 is 5.97 Å². The molecule has 2 aromatic rings. The predicted octanol–water partition coefficient (Wildman–Crippen LogP) is 3.51. The Morgan fingerprint density at radius 3 is 2.59 bits per heavy atom. The maximum absolute atomic E-state index is 13.2. The summed E-state index contributed by atoms with van der Waals surface area (Å²) in [7, 11) is 0. The number of H-pyrrole nitrogens is 1. The highest BCUT2D eigenvalue weighted by Crippen LogP contribution is 2.25. The van der Waals surface area contributed by atoms with Crippen LogP contribution in [0.2, 0.25) is 0 Å². The smallest absolute Gasteiger partial charge is 0.340 e. The van der Waals surface area contributed by atoms with E-state index in [0.717, 1.165) is 18.4 Å². The van der Waals surface area contributed by atoms with E-state index in [2.05, 4.69) is 10.3 Å². The van der Waals surface area contributed by atoms with Crippen LogP contribution in [0.1, 0.15) is 63.9 Å². The number of aromatic amines is 1. The Kier molecular flexibility index (Phi) is 7.66. The first-order valence-corrected chi connectivity index (χ1v) is 11.0. The molecule has 8 heteroatoms. The number of nitrogens with one attached hydrogen (secondary N) is 2. The lowest BCUT2D eigenvalue weighted by molar-refractivity contribution is -0.122. The van der Waals surface area contributed by atoms with Crippen molar-refractivity contribution < 1.29 is 23.5 Å². The minimum absolute atomic E-state index is 0.0750. The Balaban J connectivity index is 1.51. The largest absolute Gasteiger partial charge is 0.462 e. The summed E-state index contributed by atoms with van der Waals surface area (Å²) >= 11 is 0. The van der Waals surface area contributed by atoms with Crippen LogP contribution >= 0.6 is 0 Å². The quantitative estimate of drug-likeness (QED) is 0.641. The number of hydrogen-bond acceptors (Lipinski definition) is 4. The minimum atomic E-state index is -0.430. The molecule has 0 aliphatic carbocycles. The molecule has 2 heterocycles. The van der Waals surface area contributed by atoms with Crippen molar-refractivity contribution >= 4 is 17.8 Å². The summed E-state index contributed by atoms with van der Waals surface area (Å²) in [5.74, 6) is -0.784. The number of halogens is 1. The lowest BCUT2D eigenvalue weighted by Crippen LogP contribution is -2.40. The molecule has 2 N–H and O–H groups in total. The number of carbonyl (C=O) groups is 3. The Bertz CT molecular complexity index is 993. The molecule has 7 nitrogen and oxygen atoms in total. The van der Waals surface area contributed by atoms with E-state index in [1.807, 2.05) is 0 Å². The molecule has 0 spiro atoms. The van der Waals surface area contributed by atoms with Gasteiger partial charge in [-0.05, 0) is 62.8 Å². The van der Waals surface area contributed by atoms with Gasteiger partial charge in [-0.2, -0.15) is 0 Å². The maximum Gasteiger partial charge on any atom is 0.340 e. The SMILES string of the molecule is CCOC(=O)c1c(C)[nH]c(C(=O)N2CCC(CC(=O)NCc3cccc(F)c3)CC2)c1C. The molecule has 1 saturated heterocycles. The molecule has 1 aromatic heterocycles. The second-order valence-corrected chi connectivity index (χ2v) is 8.19. The Morgan fingerprint density at radius 1 is 1.22 bits per heavy atom. The number of rotatable bonds is 7. The van der Waals surface area contributed by atoms with Gasteiger partial charge in [0.2, 0.25) is 5.91 Å². The number of aromatic nitrogens is 1. The summed E-state index contributed by atoms with van der Waals surface area (Å²) in [6.07, 6.45) is 1.83. The lowest BCUT2D eigenvalue weighted by Gasteiger charge is -2.31. The fourth-order valence-electron chi connectivity index (χ4n) is 4.15. The molecular weight excluding hydrogens is 413 g/mol. The molecule has 0 radical (unpaired) electrons. The van der Waals surface area contributed by atoms with Gasteiger partial charge in [0.05, 0.1) is 12.2 Å². The van der Waals surface area contributed by atoms with Crippen molar-refractivity contribution in [2.75, 3.05) is 19.7 Å². The van der Waals surface area contributed by atoms with Gasteiger partial charge in [-0.1, -0.05) is 12.1 Å². The van der Waals surface area contributed by atoms with Gasteiger partial charge < -0.3 is 19.9 Å². The van der Waals surface area contributed by atoms with E-state index < -0.39 is 5.97 Å². The fourth-order valence-corrected chi connectivity index (χ4v) is 4.15. The summed E-state index contributed by atoms with van der Waals surface area (Å²) in [6, 6.07) is 6.16. The second-order valence-electron chi connectivity index (χ2n) is 8.19. The van der Waals surface area contributed by atoms with Crippen LogP contribution in [0.5, 0.6) is 0 Å². The number of amides is 2. The molecule has 1 aliphatic heterocycles. The van der Waals surface area contributed by atoms with Crippen molar-refractivity contribution in [1.82, 2.24) is 15.2 Å². The number of piperidine rings is 1. The van der Waals surface area contributed by atoms with Crippen LogP contribution in [-0.2, 0) is 16.1 Å². The third-order valence-corrected chi connectivity index (χ3v) is 5.89. The molecule has 1 aromatic carbocycles. The maximum atomic E-state index is 13.2. The second kappa shape index (κ2) is 10.4. The zero-order valence-electron chi connectivity index (χ0n) is 18.8. The third-order valence-electron chi connectivity index (χ3n) is 5.89. The molecule has 1 fully saturated rings. The van der Waals surface area contributed by atoms with Crippen LogP contribution in [0.15, 0.2) is 24.3 Å². The zero-order chi connectivity index (χ0) is 23.3. The van der Waals surface area contributed by atoms with E-state index in [1.54, 1.807) is 37.8 Å². The highest BCUT2D eigenvalue weighted by Gasteiger charge is 2.29. The highest BCUT2D eigenvalue weighted by atomic mass is 19.1. The molecule has 0 unspecified atom stereocenters. The minimum Gasteiger partial charge on any atom is -0.462 e. The van der Waals surface area contributed by atoms with Crippen LogP contribution in [0.4, 0.5) is 4.39 Å². The van der Waals surface area contributed by atoms with Crippen molar-refractivity contribution in [2.45, 2.75) is 46.6 Å². The van der Waals surface area contributed by atoms with Crippen molar-refractivity contribution in [3.63, 3.8) is 0 Å². The number of likely N-dealkylation sites (tertiary alicyclic amines) is 1. The number of ether oxygens (including phenoxy) is 1. The van der Waals surface area contributed by atoms with Crippen molar-refractivity contribution in [3.05, 3.63) is 58.2 Å². The van der Waals surface area contributed by atoms with Crippen LogP contribution in [0.25, 0.3) is 0 Å². The molecule has 0 saturated carbocycles. The first kappa shape index (κ1) is 23.5. The molecule has 3 rings (SSSR count). The Labute approximate surface area is 187 Å². The number of esters is 1. The topological polar surface area (TPSA) is 91.5 Å². The van der Waals surface area contributed by atoms with Crippen molar-refractivity contribution in [3.8, 4) is 0 Å². The first-order valence-electron chi connectivity index (χ1n) is 11.0. The van der Waals surface area contributed by atoms with E-state index >= 15 is 0 Å². The first-order chi connectivity index (χ1) is 15.3. The van der Waals surface area contributed by atoms with Gasteiger partial charge in [0.15, 0.2) is 0 Å². The molecule has 32 heavy (non-hydrogen) atoms. The van der Waals surface area contributed by atoms with Gasteiger partial charge in [-0.25, -0.2) is 9.18 Å². The standard InChI is InChI=1S/C24H30FN3O4/c1-4-32-24(31)21-15(2)22(27-16(21)3)23(30)28-10-8-17(9-11-28)13-20(29)26-14-18-6-5-7-19(25)12-18/h5-7,12,17,27H,4,8-11,13-14H2,1-3H3,(H,26,29). The summed E-state index contributed by atoms with van der Waals surface area (Å²) in [5, 5.41) is 2.84. The molecule has 2 amide bonds. The molecule has 1 aliphatic rings. The summed E-state index contributed by atoms with van der Waals surface area (Å²) in [4.78, 5) is 42.3. The van der Waals surface area contributed by atoms with Crippen molar-refractivity contribution in [1.29, 1.82) is 0 Å². The monoisotopic (exact) mass is 443 g/mol. The molecular formula is C24H30FN3O4. The van der Waals surface area contributed by atoms with Crippen LogP contribution in [0.3, 0.4) is 0 Å². The van der Waals surface area contributed by atoms with Gasteiger partial charge in [-0.15, -0.1) is 0 Å².